The Kier molecular flexibility index (Phi) is 4.74. The fraction of sp³-hybridized carbons (Fsp3) is 0.571. The lowest BCUT2D eigenvalue weighted by atomic mass is 9.88. The van der Waals surface area contributed by atoms with Gasteiger partial charge in [-0.2, -0.15) is 4.31 Å². The molecule has 1 aliphatic heterocycles. The number of halogens is 1. The van der Waals surface area contributed by atoms with E-state index in [2.05, 4.69) is 6.92 Å². The summed E-state index contributed by atoms with van der Waals surface area (Å²) in [6.45, 7) is 5.53. The Morgan fingerprint density at radius 3 is 2.75 bits per heavy atom. The monoisotopic (exact) mass is 316 g/mol. The maximum Gasteiger partial charge on any atom is 0.244 e. The molecule has 1 aromatic carbocycles. The van der Waals surface area contributed by atoms with E-state index >= 15 is 0 Å². The van der Waals surface area contributed by atoms with E-state index in [9.17, 15) is 8.42 Å². The van der Waals surface area contributed by atoms with Gasteiger partial charge in [0.25, 0.3) is 0 Å². The van der Waals surface area contributed by atoms with Crippen LogP contribution in [0, 0.1) is 18.8 Å². The van der Waals surface area contributed by atoms with Crippen molar-refractivity contribution in [3.8, 4) is 0 Å². The van der Waals surface area contributed by atoms with Crippen molar-refractivity contribution in [1.82, 2.24) is 4.31 Å². The summed E-state index contributed by atoms with van der Waals surface area (Å²) in [4.78, 5) is 0.190. The third kappa shape index (κ3) is 3.01. The van der Waals surface area contributed by atoms with E-state index in [0.717, 1.165) is 12.0 Å². The molecule has 0 amide bonds. The molecule has 6 heteroatoms. The first-order valence-electron chi connectivity index (χ1n) is 6.82. The van der Waals surface area contributed by atoms with Crippen LogP contribution in [0.3, 0.4) is 0 Å². The SMILES string of the molecule is Cc1ccc(S(=O)(=O)N2CCC(C)C(CN)C2)c(Cl)c1. The lowest BCUT2D eigenvalue weighted by Gasteiger charge is -2.35. The zero-order valence-corrected chi connectivity index (χ0v) is 13.4. The molecule has 1 aliphatic rings. The van der Waals surface area contributed by atoms with Crippen LogP contribution < -0.4 is 5.73 Å². The Hall–Kier alpha value is -0.620. The first-order valence-corrected chi connectivity index (χ1v) is 8.64. The third-order valence-electron chi connectivity index (χ3n) is 4.08. The summed E-state index contributed by atoms with van der Waals surface area (Å²) in [7, 11) is -3.53. The summed E-state index contributed by atoms with van der Waals surface area (Å²) in [5, 5.41) is 0.285. The largest absolute Gasteiger partial charge is 0.330 e. The number of aryl methyl sites for hydroxylation is 1. The van der Waals surface area contributed by atoms with Gasteiger partial charge in [-0.15, -0.1) is 0 Å². The van der Waals surface area contributed by atoms with Crippen molar-refractivity contribution in [1.29, 1.82) is 0 Å². The standard InChI is InChI=1S/C14H21ClN2O2S/c1-10-3-4-14(13(15)7-10)20(18,19)17-6-5-11(2)12(8-16)9-17/h3-4,7,11-12H,5-6,8-9,16H2,1-2H3. The van der Waals surface area contributed by atoms with Gasteiger partial charge in [-0.1, -0.05) is 24.6 Å². The zero-order chi connectivity index (χ0) is 14.9. The zero-order valence-electron chi connectivity index (χ0n) is 11.8. The third-order valence-corrected chi connectivity index (χ3v) is 6.43. The average molecular weight is 317 g/mol. The highest BCUT2D eigenvalue weighted by Gasteiger charge is 2.34. The smallest absolute Gasteiger partial charge is 0.244 e. The first kappa shape index (κ1) is 15.8. The van der Waals surface area contributed by atoms with Crippen LogP contribution in [0.15, 0.2) is 23.1 Å². The summed E-state index contributed by atoms with van der Waals surface area (Å²) in [6.07, 6.45) is 0.838. The maximum atomic E-state index is 12.7. The van der Waals surface area contributed by atoms with Crippen LogP contribution in [0.5, 0.6) is 0 Å². The van der Waals surface area contributed by atoms with Crippen LogP contribution in [-0.4, -0.2) is 32.4 Å². The van der Waals surface area contributed by atoms with Crippen molar-refractivity contribution >= 4 is 21.6 Å². The Labute approximate surface area is 126 Å². The number of hydrogen-bond donors (Lipinski definition) is 1. The Morgan fingerprint density at radius 2 is 2.15 bits per heavy atom. The van der Waals surface area contributed by atoms with Gasteiger partial charge in [0.15, 0.2) is 0 Å². The van der Waals surface area contributed by atoms with Gasteiger partial charge in [-0.25, -0.2) is 8.42 Å². The summed E-state index contributed by atoms with van der Waals surface area (Å²) in [5.41, 5.74) is 6.69. The minimum Gasteiger partial charge on any atom is -0.330 e. The van der Waals surface area contributed by atoms with E-state index in [-0.39, 0.29) is 15.8 Å². The lowest BCUT2D eigenvalue weighted by molar-refractivity contribution is 0.203. The minimum atomic E-state index is -3.53. The van der Waals surface area contributed by atoms with Gasteiger partial charge in [0, 0.05) is 13.1 Å². The molecule has 20 heavy (non-hydrogen) atoms. The van der Waals surface area contributed by atoms with E-state index in [1.165, 1.54) is 4.31 Å². The van der Waals surface area contributed by atoms with Crippen LogP contribution in [0.1, 0.15) is 18.9 Å². The summed E-state index contributed by atoms with van der Waals surface area (Å²) in [5.74, 6) is 0.669. The fourth-order valence-corrected chi connectivity index (χ4v) is 4.68. The van der Waals surface area contributed by atoms with E-state index in [0.29, 0.717) is 25.6 Å². The number of rotatable bonds is 3. The molecular weight excluding hydrogens is 296 g/mol. The molecule has 0 aromatic heterocycles. The molecule has 1 heterocycles. The minimum absolute atomic E-state index is 0.190. The molecule has 2 unspecified atom stereocenters. The summed E-state index contributed by atoms with van der Waals surface area (Å²) >= 11 is 6.10. The highest BCUT2D eigenvalue weighted by Crippen LogP contribution is 2.30. The van der Waals surface area contributed by atoms with Crippen molar-refractivity contribution < 1.29 is 8.42 Å². The quantitative estimate of drug-likeness (QED) is 0.930. The molecule has 1 fully saturated rings. The van der Waals surface area contributed by atoms with Crippen molar-refractivity contribution in [2.75, 3.05) is 19.6 Å². The fourth-order valence-electron chi connectivity index (χ4n) is 2.60. The van der Waals surface area contributed by atoms with E-state index in [1.807, 2.05) is 6.92 Å². The molecule has 1 saturated heterocycles. The normalized spacial score (nSPS) is 24.8. The lowest BCUT2D eigenvalue weighted by Crippen LogP contribution is -2.45. The second-order valence-corrected chi connectivity index (χ2v) is 7.87. The molecule has 0 radical (unpaired) electrons. The molecule has 0 bridgehead atoms. The van der Waals surface area contributed by atoms with Gasteiger partial charge >= 0.3 is 0 Å². The second-order valence-electron chi connectivity index (χ2n) is 5.56. The molecule has 0 aliphatic carbocycles. The Balaban J connectivity index is 2.31. The average Bonchev–Trinajstić information content (AvgIpc) is 2.38. The molecule has 112 valence electrons. The Morgan fingerprint density at radius 1 is 1.45 bits per heavy atom. The molecule has 2 N–H and O–H groups in total. The van der Waals surface area contributed by atoms with Crippen molar-refractivity contribution in [3.05, 3.63) is 28.8 Å². The molecule has 0 saturated carbocycles. The van der Waals surface area contributed by atoms with Crippen molar-refractivity contribution in [2.24, 2.45) is 17.6 Å². The maximum absolute atomic E-state index is 12.7. The van der Waals surface area contributed by atoms with Crippen molar-refractivity contribution in [2.45, 2.75) is 25.2 Å². The molecule has 0 spiro atoms. The van der Waals surface area contributed by atoms with Gasteiger partial charge in [0.1, 0.15) is 4.90 Å². The number of nitrogens with two attached hydrogens (primary N) is 1. The first-order chi connectivity index (χ1) is 9.36. The number of sulfonamides is 1. The number of nitrogens with zero attached hydrogens (tertiary/aromatic N) is 1. The summed E-state index contributed by atoms with van der Waals surface area (Å²) in [6, 6.07) is 5.04. The number of piperidine rings is 1. The van der Waals surface area contributed by atoms with Crippen molar-refractivity contribution in [3.63, 3.8) is 0 Å². The van der Waals surface area contributed by atoms with Crippen LogP contribution in [0.2, 0.25) is 5.02 Å². The molecular formula is C14H21ClN2O2S. The molecule has 1 aromatic rings. The van der Waals surface area contributed by atoms with E-state index in [4.69, 9.17) is 17.3 Å². The number of benzene rings is 1. The molecule has 2 rings (SSSR count). The predicted octanol–water partition coefficient (Wildman–Crippen LogP) is 2.25. The van der Waals surface area contributed by atoms with Gasteiger partial charge in [0.2, 0.25) is 10.0 Å². The van der Waals surface area contributed by atoms with E-state index in [1.54, 1.807) is 18.2 Å². The van der Waals surface area contributed by atoms with Crippen LogP contribution in [-0.2, 0) is 10.0 Å². The molecule has 4 nitrogen and oxygen atoms in total. The van der Waals surface area contributed by atoms with Crippen LogP contribution in [0.25, 0.3) is 0 Å². The van der Waals surface area contributed by atoms with Gasteiger partial charge in [-0.3, -0.25) is 0 Å². The van der Waals surface area contributed by atoms with Crippen LogP contribution in [0.4, 0.5) is 0 Å². The number of hydrogen-bond acceptors (Lipinski definition) is 3. The van der Waals surface area contributed by atoms with Gasteiger partial charge < -0.3 is 5.73 Å². The second kappa shape index (κ2) is 6.02. The topological polar surface area (TPSA) is 63.4 Å². The van der Waals surface area contributed by atoms with Gasteiger partial charge in [0.05, 0.1) is 5.02 Å². The predicted molar refractivity (Wildman–Crippen MR) is 81.3 cm³/mol. The van der Waals surface area contributed by atoms with Gasteiger partial charge in [-0.05, 0) is 49.4 Å². The highest BCUT2D eigenvalue weighted by molar-refractivity contribution is 7.89. The molecule has 2 atom stereocenters. The van der Waals surface area contributed by atoms with E-state index < -0.39 is 10.0 Å². The van der Waals surface area contributed by atoms with Crippen LogP contribution >= 0.6 is 11.6 Å². The summed E-state index contributed by atoms with van der Waals surface area (Å²) < 4.78 is 26.9. The highest BCUT2D eigenvalue weighted by atomic mass is 35.5. The Bertz CT molecular complexity index is 589.